The second kappa shape index (κ2) is 11.1. The van der Waals surface area contributed by atoms with E-state index in [0.717, 1.165) is 5.56 Å². The maximum Gasteiger partial charge on any atom is 0.127 e. The quantitative estimate of drug-likeness (QED) is 0.224. The molecule has 8 N–H and O–H groups in total. The minimum atomic E-state index is -1.50. The van der Waals surface area contributed by atoms with E-state index in [1.54, 1.807) is 42.5 Å². The standard InChI is InChI=1S/C25H32O11/c1-34-15-8-13(25-23(33)21(31)19(29)17(10-27)36-25)6-7-14(15)11-2-4-12(5-3-11)24-22(32)20(30)18(28)16(9-26)35-24/h2-8,16-33H,9-10H2,1H3. The topological polar surface area (TPSA) is 190 Å². The second-order valence-corrected chi connectivity index (χ2v) is 9.08. The van der Waals surface area contributed by atoms with Crippen molar-refractivity contribution < 1.29 is 55.1 Å². The summed E-state index contributed by atoms with van der Waals surface area (Å²) in [5.74, 6) is 0.435. The van der Waals surface area contributed by atoms with Crippen LogP contribution in [0.2, 0.25) is 0 Å². The summed E-state index contributed by atoms with van der Waals surface area (Å²) < 4.78 is 16.8. The summed E-state index contributed by atoms with van der Waals surface area (Å²) in [6, 6.07) is 11.9. The third-order valence-electron chi connectivity index (χ3n) is 6.89. The highest BCUT2D eigenvalue weighted by Gasteiger charge is 2.45. The molecule has 2 heterocycles. The van der Waals surface area contributed by atoms with Gasteiger partial charge >= 0.3 is 0 Å². The summed E-state index contributed by atoms with van der Waals surface area (Å²) in [6.45, 7) is -1.05. The molecule has 0 spiro atoms. The van der Waals surface area contributed by atoms with Crippen LogP contribution in [0.4, 0.5) is 0 Å². The lowest BCUT2D eigenvalue weighted by Crippen LogP contribution is -2.55. The predicted molar refractivity (Wildman–Crippen MR) is 124 cm³/mol. The molecule has 2 aliphatic rings. The summed E-state index contributed by atoms with van der Waals surface area (Å²) in [5, 5.41) is 79.9. The normalized spacial score (nSPS) is 37.0. The number of hydrogen-bond donors (Lipinski definition) is 8. The van der Waals surface area contributed by atoms with Gasteiger partial charge in [0.1, 0.15) is 66.8 Å². The zero-order chi connectivity index (χ0) is 26.1. The molecule has 2 saturated heterocycles. The van der Waals surface area contributed by atoms with Gasteiger partial charge in [0.15, 0.2) is 0 Å². The highest BCUT2D eigenvalue weighted by atomic mass is 16.6. The van der Waals surface area contributed by atoms with Gasteiger partial charge in [0.05, 0.1) is 20.3 Å². The van der Waals surface area contributed by atoms with Crippen molar-refractivity contribution in [2.75, 3.05) is 20.3 Å². The molecule has 11 heteroatoms. The van der Waals surface area contributed by atoms with E-state index in [4.69, 9.17) is 14.2 Å². The van der Waals surface area contributed by atoms with Gasteiger partial charge in [-0.25, -0.2) is 0 Å². The van der Waals surface area contributed by atoms with Gasteiger partial charge in [-0.2, -0.15) is 0 Å². The highest BCUT2D eigenvalue weighted by molar-refractivity contribution is 5.71. The van der Waals surface area contributed by atoms with E-state index in [2.05, 4.69) is 0 Å². The molecule has 10 unspecified atom stereocenters. The fraction of sp³-hybridized carbons (Fsp3) is 0.520. The molecule has 2 aromatic carbocycles. The van der Waals surface area contributed by atoms with Gasteiger partial charge in [-0.3, -0.25) is 0 Å². The first-order valence-electron chi connectivity index (χ1n) is 11.6. The predicted octanol–water partition coefficient (Wildman–Crippen LogP) is -1.61. The molecule has 10 atom stereocenters. The van der Waals surface area contributed by atoms with E-state index in [0.29, 0.717) is 22.4 Å². The van der Waals surface area contributed by atoms with Crippen LogP contribution in [-0.2, 0) is 9.47 Å². The van der Waals surface area contributed by atoms with Crippen molar-refractivity contribution in [1.82, 2.24) is 0 Å². The van der Waals surface area contributed by atoms with Crippen LogP contribution in [0, 0.1) is 0 Å². The average Bonchev–Trinajstić information content (AvgIpc) is 2.90. The minimum Gasteiger partial charge on any atom is -0.496 e. The van der Waals surface area contributed by atoms with Crippen molar-refractivity contribution in [1.29, 1.82) is 0 Å². The Hall–Kier alpha value is -2.16. The van der Waals surface area contributed by atoms with Gasteiger partial charge < -0.3 is 55.1 Å². The van der Waals surface area contributed by atoms with Crippen LogP contribution in [-0.4, -0.2) is 110 Å². The molecule has 198 valence electrons. The van der Waals surface area contributed by atoms with Crippen LogP contribution in [0.15, 0.2) is 42.5 Å². The first-order valence-corrected chi connectivity index (χ1v) is 11.6. The monoisotopic (exact) mass is 508 g/mol. The van der Waals surface area contributed by atoms with Crippen molar-refractivity contribution in [2.24, 2.45) is 0 Å². The molecule has 0 aromatic heterocycles. The second-order valence-electron chi connectivity index (χ2n) is 9.08. The van der Waals surface area contributed by atoms with Crippen LogP contribution in [0.5, 0.6) is 5.75 Å². The third-order valence-corrected chi connectivity index (χ3v) is 6.89. The summed E-state index contributed by atoms with van der Waals surface area (Å²) in [4.78, 5) is 0. The number of aliphatic hydroxyl groups excluding tert-OH is 8. The van der Waals surface area contributed by atoms with Gasteiger partial charge in [0, 0.05) is 5.56 Å². The fourth-order valence-electron chi connectivity index (χ4n) is 4.73. The van der Waals surface area contributed by atoms with Gasteiger partial charge in [-0.05, 0) is 22.8 Å². The van der Waals surface area contributed by atoms with Crippen molar-refractivity contribution in [3.8, 4) is 16.9 Å². The summed E-state index contributed by atoms with van der Waals surface area (Å²) in [6.07, 6.45) is -12.7. The molecule has 2 aliphatic heterocycles. The van der Waals surface area contributed by atoms with Crippen molar-refractivity contribution >= 4 is 0 Å². The van der Waals surface area contributed by atoms with E-state index in [9.17, 15) is 40.9 Å². The Kier molecular flexibility index (Phi) is 8.27. The van der Waals surface area contributed by atoms with Gasteiger partial charge in [-0.1, -0.05) is 36.4 Å². The van der Waals surface area contributed by atoms with E-state index in [-0.39, 0.29) is 0 Å². The molecule has 2 aromatic rings. The number of methoxy groups -OCH3 is 1. The zero-order valence-electron chi connectivity index (χ0n) is 19.5. The van der Waals surface area contributed by atoms with E-state index in [1.807, 2.05) is 0 Å². The molecular weight excluding hydrogens is 476 g/mol. The van der Waals surface area contributed by atoms with E-state index in [1.165, 1.54) is 7.11 Å². The zero-order valence-corrected chi connectivity index (χ0v) is 19.5. The molecule has 0 bridgehead atoms. The number of ether oxygens (including phenoxy) is 3. The molecule has 0 radical (unpaired) electrons. The maximum atomic E-state index is 10.4. The number of aliphatic hydroxyl groups is 8. The average molecular weight is 509 g/mol. The van der Waals surface area contributed by atoms with E-state index >= 15 is 0 Å². The van der Waals surface area contributed by atoms with Crippen LogP contribution in [0.3, 0.4) is 0 Å². The Balaban J connectivity index is 1.58. The molecule has 36 heavy (non-hydrogen) atoms. The van der Waals surface area contributed by atoms with E-state index < -0.39 is 74.3 Å². The molecular formula is C25H32O11. The molecule has 2 fully saturated rings. The Bertz CT molecular complexity index is 1010. The Morgan fingerprint density at radius 2 is 1.11 bits per heavy atom. The molecule has 0 amide bonds. The fourth-order valence-corrected chi connectivity index (χ4v) is 4.73. The summed E-state index contributed by atoms with van der Waals surface area (Å²) in [5.41, 5.74) is 2.43. The highest BCUT2D eigenvalue weighted by Crippen LogP contribution is 2.39. The lowest BCUT2D eigenvalue weighted by molar-refractivity contribution is -0.231. The maximum absolute atomic E-state index is 10.4. The Labute approximate surface area is 207 Å². The molecule has 0 aliphatic carbocycles. The summed E-state index contributed by atoms with van der Waals surface area (Å²) in [7, 11) is 1.47. The molecule has 0 saturated carbocycles. The van der Waals surface area contributed by atoms with Crippen LogP contribution in [0.1, 0.15) is 23.3 Å². The number of benzene rings is 2. The van der Waals surface area contributed by atoms with Crippen molar-refractivity contribution in [2.45, 2.75) is 61.0 Å². The number of hydrogen-bond acceptors (Lipinski definition) is 11. The summed E-state index contributed by atoms with van der Waals surface area (Å²) >= 11 is 0. The SMILES string of the molecule is COc1cc(C2OC(CO)C(O)C(O)C2O)ccc1-c1ccc(C2OC(CO)C(O)C(O)C2O)cc1. The molecule has 4 rings (SSSR count). The van der Waals surface area contributed by atoms with Crippen LogP contribution < -0.4 is 4.74 Å². The third kappa shape index (κ3) is 4.87. The first kappa shape index (κ1) is 26.9. The van der Waals surface area contributed by atoms with Gasteiger partial charge in [0.2, 0.25) is 0 Å². The number of rotatable bonds is 6. The first-order chi connectivity index (χ1) is 17.2. The smallest absolute Gasteiger partial charge is 0.127 e. The van der Waals surface area contributed by atoms with Crippen LogP contribution >= 0.6 is 0 Å². The van der Waals surface area contributed by atoms with Crippen molar-refractivity contribution in [3.63, 3.8) is 0 Å². The minimum absolute atomic E-state index is 0.435. The lowest BCUT2D eigenvalue weighted by Gasteiger charge is -2.40. The van der Waals surface area contributed by atoms with Crippen molar-refractivity contribution in [3.05, 3.63) is 53.6 Å². The Morgan fingerprint density at radius 1 is 0.639 bits per heavy atom. The van der Waals surface area contributed by atoms with Gasteiger partial charge in [-0.15, -0.1) is 0 Å². The lowest BCUT2D eigenvalue weighted by atomic mass is 9.89. The van der Waals surface area contributed by atoms with Crippen LogP contribution in [0.25, 0.3) is 11.1 Å². The molecule has 11 nitrogen and oxygen atoms in total. The Morgan fingerprint density at radius 3 is 1.58 bits per heavy atom. The largest absolute Gasteiger partial charge is 0.496 e. The van der Waals surface area contributed by atoms with Gasteiger partial charge in [0.25, 0.3) is 0 Å².